The first-order valence-electron chi connectivity index (χ1n) is 6.96. The number of hydrogen-bond donors (Lipinski definition) is 1. The van der Waals surface area contributed by atoms with E-state index in [4.69, 9.17) is 0 Å². The normalized spacial score (nSPS) is 10.8. The smallest absolute Gasteiger partial charge is 0.278 e. The maximum atomic E-state index is 11.2. The number of hydrogen-bond acceptors (Lipinski definition) is 4. The molecule has 1 aromatic heterocycles. The van der Waals surface area contributed by atoms with Crippen molar-refractivity contribution >= 4 is 16.6 Å². The van der Waals surface area contributed by atoms with Crippen LogP contribution in [0.1, 0.15) is 12.5 Å². The molecular weight excluding hydrogens is 280 g/mol. The van der Waals surface area contributed by atoms with Gasteiger partial charge in [-0.05, 0) is 42.3 Å². The van der Waals surface area contributed by atoms with Gasteiger partial charge >= 0.3 is 0 Å². The fourth-order valence-electron chi connectivity index (χ4n) is 2.54. The number of aromatic hydroxyl groups is 1. The zero-order chi connectivity index (χ0) is 15.7. The SMILES string of the molecule is CCc1cc2cc(O)ccc2nc1-c1ccccc1[N+](=O)[O-]. The number of rotatable bonds is 3. The summed E-state index contributed by atoms with van der Waals surface area (Å²) in [5, 5.41) is 21.6. The minimum Gasteiger partial charge on any atom is -0.508 e. The lowest BCUT2D eigenvalue weighted by Crippen LogP contribution is -1.97. The predicted molar refractivity (Wildman–Crippen MR) is 84.9 cm³/mol. The first-order chi connectivity index (χ1) is 10.6. The quantitative estimate of drug-likeness (QED) is 0.583. The third kappa shape index (κ3) is 2.37. The third-order valence-electron chi connectivity index (χ3n) is 3.61. The van der Waals surface area contributed by atoms with Gasteiger partial charge in [-0.3, -0.25) is 10.1 Å². The van der Waals surface area contributed by atoms with Gasteiger partial charge in [0.25, 0.3) is 5.69 Å². The van der Waals surface area contributed by atoms with Crippen LogP contribution in [0.5, 0.6) is 5.75 Å². The minimum atomic E-state index is -0.391. The molecule has 0 saturated carbocycles. The fourth-order valence-corrected chi connectivity index (χ4v) is 2.54. The van der Waals surface area contributed by atoms with E-state index in [0.29, 0.717) is 23.2 Å². The second-order valence-corrected chi connectivity index (χ2v) is 5.00. The number of aromatic nitrogens is 1. The van der Waals surface area contributed by atoms with Gasteiger partial charge in [-0.25, -0.2) is 4.98 Å². The van der Waals surface area contributed by atoms with Crippen LogP contribution in [-0.2, 0) is 6.42 Å². The van der Waals surface area contributed by atoms with Gasteiger partial charge in [-0.1, -0.05) is 19.1 Å². The number of para-hydroxylation sites is 1. The van der Waals surface area contributed by atoms with Crippen molar-refractivity contribution in [3.05, 3.63) is 64.2 Å². The van der Waals surface area contributed by atoms with Gasteiger partial charge in [0.1, 0.15) is 5.75 Å². The van der Waals surface area contributed by atoms with E-state index in [-0.39, 0.29) is 11.4 Å². The Morgan fingerprint density at radius 1 is 1.18 bits per heavy atom. The maximum Gasteiger partial charge on any atom is 0.278 e. The number of nitrogens with zero attached hydrogens (tertiary/aromatic N) is 2. The molecule has 3 aromatic rings. The van der Waals surface area contributed by atoms with Gasteiger partial charge in [0.05, 0.1) is 21.7 Å². The highest BCUT2D eigenvalue weighted by Crippen LogP contribution is 2.33. The van der Waals surface area contributed by atoms with Crippen molar-refractivity contribution in [2.75, 3.05) is 0 Å². The van der Waals surface area contributed by atoms with E-state index in [9.17, 15) is 15.2 Å². The number of benzene rings is 2. The van der Waals surface area contributed by atoms with Gasteiger partial charge in [-0.15, -0.1) is 0 Å². The highest BCUT2D eigenvalue weighted by molar-refractivity contribution is 5.86. The molecule has 0 atom stereocenters. The summed E-state index contributed by atoms with van der Waals surface area (Å²) in [7, 11) is 0. The Morgan fingerprint density at radius 3 is 2.68 bits per heavy atom. The Bertz CT molecular complexity index is 875. The van der Waals surface area contributed by atoms with Crippen molar-refractivity contribution in [3.63, 3.8) is 0 Å². The van der Waals surface area contributed by atoms with E-state index >= 15 is 0 Å². The van der Waals surface area contributed by atoms with E-state index in [2.05, 4.69) is 4.98 Å². The molecule has 0 unspecified atom stereocenters. The first kappa shape index (κ1) is 14.0. The summed E-state index contributed by atoms with van der Waals surface area (Å²) in [6, 6.07) is 13.4. The first-order valence-corrected chi connectivity index (χ1v) is 6.96. The Hall–Kier alpha value is -2.95. The van der Waals surface area contributed by atoms with E-state index in [1.807, 2.05) is 13.0 Å². The molecule has 0 spiro atoms. The zero-order valence-electron chi connectivity index (χ0n) is 12.0. The van der Waals surface area contributed by atoms with Gasteiger partial charge in [0, 0.05) is 11.5 Å². The van der Waals surface area contributed by atoms with Gasteiger partial charge in [-0.2, -0.15) is 0 Å². The molecule has 2 aromatic carbocycles. The molecule has 1 heterocycles. The molecule has 0 radical (unpaired) electrons. The van der Waals surface area contributed by atoms with Crippen LogP contribution >= 0.6 is 0 Å². The maximum absolute atomic E-state index is 11.2. The van der Waals surface area contributed by atoms with Crippen molar-refractivity contribution in [2.45, 2.75) is 13.3 Å². The van der Waals surface area contributed by atoms with Crippen LogP contribution in [0, 0.1) is 10.1 Å². The average molecular weight is 294 g/mol. The Labute approximate surface area is 127 Å². The van der Waals surface area contributed by atoms with E-state index in [1.54, 1.807) is 36.4 Å². The van der Waals surface area contributed by atoms with Gasteiger partial charge in [0.2, 0.25) is 0 Å². The Kier molecular flexibility index (Phi) is 3.47. The molecule has 22 heavy (non-hydrogen) atoms. The van der Waals surface area contributed by atoms with Crippen molar-refractivity contribution in [3.8, 4) is 17.0 Å². The molecule has 0 aliphatic heterocycles. The zero-order valence-corrected chi connectivity index (χ0v) is 12.0. The number of phenolic OH excluding ortho intramolecular Hbond substituents is 1. The van der Waals surface area contributed by atoms with Crippen molar-refractivity contribution in [1.29, 1.82) is 0 Å². The summed E-state index contributed by atoms with van der Waals surface area (Å²) >= 11 is 0. The van der Waals surface area contributed by atoms with Gasteiger partial charge < -0.3 is 5.11 Å². The van der Waals surface area contributed by atoms with Crippen LogP contribution in [0.15, 0.2) is 48.5 Å². The Morgan fingerprint density at radius 2 is 1.95 bits per heavy atom. The summed E-state index contributed by atoms with van der Waals surface area (Å²) in [5.41, 5.74) is 2.78. The molecule has 110 valence electrons. The number of nitro groups is 1. The van der Waals surface area contributed by atoms with Crippen LogP contribution < -0.4 is 0 Å². The summed E-state index contributed by atoms with van der Waals surface area (Å²) in [5.74, 6) is 0.176. The lowest BCUT2D eigenvalue weighted by atomic mass is 10.00. The lowest BCUT2D eigenvalue weighted by Gasteiger charge is -2.10. The summed E-state index contributed by atoms with van der Waals surface area (Å²) in [6.45, 7) is 1.98. The van der Waals surface area contributed by atoms with Crippen LogP contribution in [0.25, 0.3) is 22.2 Å². The topological polar surface area (TPSA) is 76.3 Å². The number of nitro benzene ring substituents is 1. The van der Waals surface area contributed by atoms with Crippen molar-refractivity contribution in [1.82, 2.24) is 4.98 Å². The molecule has 3 rings (SSSR count). The standard InChI is InChI=1S/C17H14N2O3/c1-2-11-9-12-10-13(20)7-8-15(12)18-17(11)14-5-3-4-6-16(14)19(21)22/h3-10,20H,2H2,1H3. The monoisotopic (exact) mass is 294 g/mol. The van der Waals surface area contributed by atoms with E-state index in [1.165, 1.54) is 6.07 Å². The number of phenols is 1. The van der Waals surface area contributed by atoms with Crippen molar-refractivity contribution in [2.24, 2.45) is 0 Å². The highest BCUT2D eigenvalue weighted by Gasteiger charge is 2.18. The fraction of sp³-hybridized carbons (Fsp3) is 0.118. The number of pyridine rings is 1. The molecule has 5 nitrogen and oxygen atoms in total. The molecule has 0 saturated heterocycles. The second kappa shape index (κ2) is 5.44. The number of aryl methyl sites for hydroxylation is 1. The summed E-state index contributed by atoms with van der Waals surface area (Å²) < 4.78 is 0. The second-order valence-electron chi connectivity index (χ2n) is 5.00. The number of fused-ring (bicyclic) bond motifs is 1. The molecule has 0 bridgehead atoms. The lowest BCUT2D eigenvalue weighted by molar-refractivity contribution is -0.384. The van der Waals surface area contributed by atoms with Crippen LogP contribution in [0.4, 0.5) is 5.69 Å². The molecule has 0 aliphatic rings. The molecule has 5 heteroatoms. The predicted octanol–water partition coefficient (Wildman–Crippen LogP) is 4.08. The molecule has 0 fully saturated rings. The molecular formula is C17H14N2O3. The van der Waals surface area contributed by atoms with Crippen LogP contribution in [0.3, 0.4) is 0 Å². The average Bonchev–Trinajstić information content (AvgIpc) is 2.53. The van der Waals surface area contributed by atoms with E-state index < -0.39 is 4.92 Å². The molecule has 1 N–H and O–H groups in total. The van der Waals surface area contributed by atoms with Crippen molar-refractivity contribution < 1.29 is 10.0 Å². The third-order valence-corrected chi connectivity index (χ3v) is 3.61. The largest absolute Gasteiger partial charge is 0.508 e. The molecule has 0 amide bonds. The van der Waals surface area contributed by atoms with E-state index in [0.717, 1.165) is 10.9 Å². The summed E-state index contributed by atoms with van der Waals surface area (Å²) in [4.78, 5) is 15.4. The molecule has 0 aliphatic carbocycles. The van der Waals surface area contributed by atoms with Crippen LogP contribution in [0.2, 0.25) is 0 Å². The van der Waals surface area contributed by atoms with Gasteiger partial charge in [0.15, 0.2) is 0 Å². The highest BCUT2D eigenvalue weighted by atomic mass is 16.6. The van der Waals surface area contributed by atoms with Crippen LogP contribution in [-0.4, -0.2) is 15.0 Å². The Balaban J connectivity index is 2.31. The summed E-state index contributed by atoms with van der Waals surface area (Å²) in [6.07, 6.45) is 0.694. The minimum absolute atomic E-state index is 0.0443.